The second-order valence-electron chi connectivity index (χ2n) is 6.65. The molecule has 0 aliphatic carbocycles. The Balaban J connectivity index is 1.95. The fourth-order valence-corrected chi connectivity index (χ4v) is 3.11. The Bertz CT molecular complexity index is 557. The molecule has 0 aliphatic heterocycles. The fraction of sp³-hybridized carbons (Fsp3) is 0.429. The molecule has 0 heterocycles. The molecule has 0 unspecified atom stereocenters. The summed E-state index contributed by atoms with van der Waals surface area (Å²) in [7, 11) is 3.28. The molecule has 0 amide bonds. The van der Waals surface area contributed by atoms with E-state index in [1.807, 2.05) is 24.3 Å². The molecule has 0 bridgehead atoms. The van der Waals surface area contributed by atoms with Crippen LogP contribution in [-0.2, 0) is 22.2 Å². The molecule has 2 aromatic rings. The van der Waals surface area contributed by atoms with Gasteiger partial charge in [0.05, 0.1) is 18.8 Å². The van der Waals surface area contributed by atoms with E-state index < -0.39 is 0 Å². The average Bonchev–Trinajstić information content (AvgIpc) is 2.61. The van der Waals surface area contributed by atoms with Gasteiger partial charge in [-0.2, -0.15) is 0 Å². The van der Waals surface area contributed by atoms with Crippen LogP contribution in [0, 0.1) is 5.92 Å². The minimum atomic E-state index is 0.0352. The highest BCUT2D eigenvalue weighted by Gasteiger charge is 2.23. The highest BCUT2D eigenvalue weighted by molar-refractivity contribution is 5.98. The predicted octanol–water partition coefficient (Wildman–Crippen LogP) is 4.72. The summed E-state index contributed by atoms with van der Waals surface area (Å²) in [6.45, 7) is 5.07. The lowest BCUT2D eigenvalue weighted by Gasteiger charge is -2.28. The molecule has 3 radical (unpaired) electrons. The molecule has 0 spiro atoms. The van der Waals surface area contributed by atoms with Gasteiger partial charge >= 0.3 is 0 Å². The van der Waals surface area contributed by atoms with Gasteiger partial charge in [0, 0.05) is 0 Å². The maximum absolute atomic E-state index is 6.22. The third-order valence-corrected chi connectivity index (χ3v) is 4.44. The SMILES string of the molecule is CC(C)C[C@@H](OCc1ccccc1)[C@@H](CCc1ccccc1)O[Si]. The maximum atomic E-state index is 6.22. The van der Waals surface area contributed by atoms with Gasteiger partial charge in [-0.3, -0.25) is 0 Å². The van der Waals surface area contributed by atoms with Crippen LogP contribution in [-0.4, -0.2) is 22.7 Å². The smallest absolute Gasteiger partial charge is 0.246 e. The van der Waals surface area contributed by atoms with Crippen LogP contribution in [0.3, 0.4) is 0 Å². The summed E-state index contributed by atoms with van der Waals surface area (Å²) in [5.41, 5.74) is 2.53. The zero-order valence-corrected chi connectivity index (χ0v) is 15.7. The van der Waals surface area contributed by atoms with E-state index in [-0.39, 0.29) is 12.2 Å². The first-order chi connectivity index (χ1) is 11.7. The summed E-state index contributed by atoms with van der Waals surface area (Å²) in [5.74, 6) is 0.562. The first-order valence-corrected chi connectivity index (χ1v) is 9.11. The highest BCUT2D eigenvalue weighted by Crippen LogP contribution is 2.20. The molecular weight excluding hydrogens is 312 g/mol. The van der Waals surface area contributed by atoms with Crippen molar-refractivity contribution < 1.29 is 9.16 Å². The Morgan fingerprint density at radius 3 is 1.96 bits per heavy atom. The number of hydrogen-bond donors (Lipinski definition) is 0. The quantitative estimate of drug-likeness (QED) is 0.583. The van der Waals surface area contributed by atoms with E-state index in [1.165, 1.54) is 11.1 Å². The molecule has 0 fully saturated rings. The van der Waals surface area contributed by atoms with Gasteiger partial charge in [0.1, 0.15) is 0 Å². The van der Waals surface area contributed by atoms with Gasteiger partial charge in [0.2, 0.25) is 10.5 Å². The van der Waals surface area contributed by atoms with Gasteiger partial charge in [-0.05, 0) is 36.3 Å². The summed E-state index contributed by atoms with van der Waals surface area (Å²) in [4.78, 5) is 0. The lowest BCUT2D eigenvalue weighted by Crippen LogP contribution is -2.33. The topological polar surface area (TPSA) is 18.5 Å². The van der Waals surface area contributed by atoms with E-state index in [0.29, 0.717) is 12.5 Å². The van der Waals surface area contributed by atoms with Gasteiger partial charge in [-0.25, -0.2) is 0 Å². The van der Waals surface area contributed by atoms with E-state index in [4.69, 9.17) is 9.16 Å². The van der Waals surface area contributed by atoms with Crippen LogP contribution in [0.15, 0.2) is 60.7 Å². The number of benzene rings is 2. The van der Waals surface area contributed by atoms with E-state index in [9.17, 15) is 0 Å². The maximum Gasteiger partial charge on any atom is 0.246 e. The Hall–Kier alpha value is -1.42. The third-order valence-electron chi connectivity index (χ3n) is 4.14. The van der Waals surface area contributed by atoms with E-state index in [2.05, 4.69) is 60.7 Å². The van der Waals surface area contributed by atoms with Crippen LogP contribution in [0.2, 0.25) is 0 Å². The van der Waals surface area contributed by atoms with Crippen molar-refractivity contribution in [3.63, 3.8) is 0 Å². The van der Waals surface area contributed by atoms with E-state index in [1.54, 1.807) is 0 Å². The van der Waals surface area contributed by atoms with Gasteiger partial charge < -0.3 is 9.16 Å². The molecule has 0 N–H and O–H groups in total. The molecular formula is C21H27O2Si. The van der Waals surface area contributed by atoms with E-state index >= 15 is 0 Å². The zero-order valence-electron chi connectivity index (χ0n) is 14.7. The second kappa shape index (κ2) is 10.4. The molecule has 0 saturated heterocycles. The first kappa shape index (κ1) is 18.9. The molecule has 2 rings (SSSR count). The molecule has 0 aromatic heterocycles. The summed E-state index contributed by atoms with van der Waals surface area (Å²) in [5, 5.41) is 0. The van der Waals surface area contributed by atoms with E-state index in [0.717, 1.165) is 19.3 Å². The van der Waals surface area contributed by atoms with Crippen molar-refractivity contribution in [1.82, 2.24) is 0 Å². The van der Waals surface area contributed by atoms with Crippen LogP contribution in [0.5, 0.6) is 0 Å². The number of rotatable bonds is 10. The molecule has 3 heteroatoms. The molecule has 2 aromatic carbocycles. The fourth-order valence-electron chi connectivity index (χ4n) is 2.84. The Morgan fingerprint density at radius 2 is 1.42 bits per heavy atom. The van der Waals surface area contributed by atoms with Crippen LogP contribution in [0.1, 0.15) is 37.8 Å². The lowest BCUT2D eigenvalue weighted by molar-refractivity contribution is -0.0452. The monoisotopic (exact) mass is 339 g/mol. The van der Waals surface area contributed by atoms with Crippen molar-refractivity contribution in [2.45, 2.75) is 51.9 Å². The molecule has 0 aliphatic rings. The predicted molar refractivity (Wildman–Crippen MR) is 99.9 cm³/mol. The highest BCUT2D eigenvalue weighted by atomic mass is 28.2. The second-order valence-corrected chi connectivity index (χ2v) is 6.88. The first-order valence-electron chi connectivity index (χ1n) is 8.71. The van der Waals surface area contributed by atoms with Gasteiger partial charge in [0.15, 0.2) is 0 Å². The zero-order chi connectivity index (χ0) is 17.2. The lowest BCUT2D eigenvalue weighted by atomic mass is 9.97. The van der Waals surface area contributed by atoms with Gasteiger partial charge in [0.25, 0.3) is 0 Å². The molecule has 0 saturated carbocycles. The van der Waals surface area contributed by atoms with Crippen molar-refractivity contribution in [3.05, 3.63) is 71.8 Å². The van der Waals surface area contributed by atoms with Crippen LogP contribution in [0.25, 0.3) is 0 Å². The molecule has 127 valence electrons. The normalized spacial score (nSPS) is 13.8. The van der Waals surface area contributed by atoms with Crippen LogP contribution in [0.4, 0.5) is 0 Å². The Labute approximate surface area is 149 Å². The van der Waals surface area contributed by atoms with Gasteiger partial charge in [-0.15, -0.1) is 0 Å². The standard InChI is InChI=1S/C21H27O2Si/c1-17(2)15-21(22-16-19-11-7-4-8-12-19)20(23-24)14-13-18-9-5-3-6-10-18/h3-12,17,20-21H,13-16H2,1-2H3/t20-,21-/m1/s1. The Kier molecular flexibility index (Phi) is 8.23. The average molecular weight is 340 g/mol. The summed E-state index contributed by atoms with van der Waals surface area (Å²) in [6, 6.07) is 20.8. The van der Waals surface area contributed by atoms with Gasteiger partial charge in [-0.1, -0.05) is 74.5 Å². The largest absolute Gasteiger partial charge is 0.413 e. The minimum Gasteiger partial charge on any atom is -0.413 e. The van der Waals surface area contributed by atoms with Crippen molar-refractivity contribution in [2.75, 3.05) is 0 Å². The summed E-state index contributed by atoms with van der Waals surface area (Å²) < 4.78 is 11.8. The summed E-state index contributed by atoms with van der Waals surface area (Å²) in [6.07, 6.45) is 3.01. The van der Waals surface area contributed by atoms with Crippen molar-refractivity contribution in [2.24, 2.45) is 5.92 Å². The molecule has 2 nitrogen and oxygen atoms in total. The minimum absolute atomic E-state index is 0.0352. The van der Waals surface area contributed by atoms with Crippen molar-refractivity contribution >= 4 is 10.5 Å². The molecule has 2 atom stereocenters. The van der Waals surface area contributed by atoms with Crippen molar-refractivity contribution in [3.8, 4) is 0 Å². The number of hydrogen-bond acceptors (Lipinski definition) is 2. The summed E-state index contributed by atoms with van der Waals surface area (Å²) >= 11 is 0. The van der Waals surface area contributed by atoms with Crippen LogP contribution >= 0.6 is 0 Å². The third kappa shape index (κ3) is 6.60. The Morgan fingerprint density at radius 1 is 0.833 bits per heavy atom. The van der Waals surface area contributed by atoms with Crippen molar-refractivity contribution in [1.29, 1.82) is 0 Å². The molecule has 24 heavy (non-hydrogen) atoms. The van der Waals surface area contributed by atoms with Crippen LogP contribution < -0.4 is 0 Å². The number of aryl methyl sites for hydroxylation is 1. The number of ether oxygens (including phenoxy) is 1.